The third kappa shape index (κ3) is 4.35. The van der Waals surface area contributed by atoms with Crippen LogP contribution in [0.5, 0.6) is 0 Å². The topological polar surface area (TPSA) is 158 Å². The molecule has 0 spiro atoms. The van der Waals surface area contributed by atoms with Crippen molar-refractivity contribution in [1.29, 1.82) is 0 Å². The second-order valence-corrected chi connectivity index (χ2v) is 10.6. The number of aliphatic hydroxyl groups excluding tert-OH is 6. The number of ether oxygens (including phenoxy) is 4. The Morgan fingerprint density at radius 2 is 1.34 bits per heavy atom. The van der Waals surface area contributed by atoms with Gasteiger partial charge in [0.25, 0.3) is 0 Å². The van der Waals surface area contributed by atoms with Crippen LogP contribution >= 0.6 is 0 Å². The van der Waals surface area contributed by atoms with Gasteiger partial charge in [-0.05, 0) is 49.4 Å². The van der Waals surface area contributed by atoms with Crippen LogP contribution in [0.15, 0.2) is 0 Å². The van der Waals surface area contributed by atoms with Crippen molar-refractivity contribution in [2.24, 2.45) is 23.2 Å². The average Bonchev–Trinajstić information content (AvgIpc) is 3.33. The maximum absolute atomic E-state index is 10.4. The molecule has 2 bridgehead atoms. The van der Waals surface area contributed by atoms with Crippen LogP contribution < -0.4 is 0 Å². The fourth-order valence-electron chi connectivity index (χ4n) is 6.05. The molecule has 0 aromatic carbocycles. The van der Waals surface area contributed by atoms with Crippen molar-refractivity contribution in [2.75, 3.05) is 13.2 Å². The SMILES string of the molecule is C[C@@H]1O[C@@H](OC[C@H]2O[C@@H](OC[C@H]3[C@H]4CC[C@H](C4)C3(C)C)[C@H](O)[C@@H](O)[C@@H]2O)[C@H](O)[C@H](O)[C@H]1O. The molecule has 0 aromatic heterocycles. The third-order valence-electron chi connectivity index (χ3n) is 8.39. The van der Waals surface area contributed by atoms with Gasteiger partial charge in [0.2, 0.25) is 0 Å². The van der Waals surface area contributed by atoms with Crippen LogP contribution in [0.3, 0.4) is 0 Å². The zero-order valence-corrected chi connectivity index (χ0v) is 18.9. The van der Waals surface area contributed by atoms with E-state index in [9.17, 15) is 30.6 Å². The van der Waals surface area contributed by atoms with Crippen molar-refractivity contribution in [3.05, 3.63) is 0 Å². The molecule has 2 aliphatic carbocycles. The highest BCUT2D eigenvalue weighted by molar-refractivity contribution is 5.02. The summed E-state index contributed by atoms with van der Waals surface area (Å²) in [7, 11) is 0. The van der Waals surface area contributed by atoms with Gasteiger partial charge in [-0.3, -0.25) is 0 Å². The first-order valence-electron chi connectivity index (χ1n) is 11.6. The third-order valence-corrected chi connectivity index (χ3v) is 8.39. The van der Waals surface area contributed by atoms with Gasteiger partial charge in [0.05, 0.1) is 19.3 Å². The number of hydrogen-bond acceptors (Lipinski definition) is 10. The highest BCUT2D eigenvalue weighted by Gasteiger charge is 2.53. The van der Waals surface area contributed by atoms with Crippen LogP contribution in [0.1, 0.15) is 40.0 Å². The normalized spacial score (nSPS) is 53.0. The summed E-state index contributed by atoms with van der Waals surface area (Å²) in [6.07, 6.45) is -9.19. The predicted octanol–water partition coefficient (Wildman–Crippen LogP) is -1.27. The van der Waals surface area contributed by atoms with E-state index in [0.717, 1.165) is 0 Å². The molecule has 6 N–H and O–H groups in total. The lowest BCUT2D eigenvalue weighted by atomic mass is 9.69. The second kappa shape index (κ2) is 9.33. The molecule has 10 nitrogen and oxygen atoms in total. The zero-order chi connectivity index (χ0) is 23.4. The summed E-state index contributed by atoms with van der Waals surface area (Å²) in [5, 5.41) is 60.9. The molecule has 0 amide bonds. The second-order valence-electron chi connectivity index (χ2n) is 10.6. The van der Waals surface area contributed by atoms with Gasteiger partial charge in [-0.1, -0.05) is 13.8 Å². The summed E-state index contributed by atoms with van der Waals surface area (Å²) in [5.41, 5.74) is 0.139. The van der Waals surface area contributed by atoms with Crippen molar-refractivity contribution in [1.82, 2.24) is 0 Å². The maximum atomic E-state index is 10.4. The van der Waals surface area contributed by atoms with Crippen molar-refractivity contribution in [3.8, 4) is 0 Å². The minimum Gasteiger partial charge on any atom is -0.388 e. The Hall–Kier alpha value is -0.400. The van der Waals surface area contributed by atoms with E-state index >= 15 is 0 Å². The van der Waals surface area contributed by atoms with Gasteiger partial charge < -0.3 is 49.6 Å². The monoisotopic (exact) mass is 462 g/mol. The Labute approximate surface area is 188 Å². The molecule has 32 heavy (non-hydrogen) atoms. The van der Waals surface area contributed by atoms with E-state index in [1.807, 2.05) is 0 Å². The first kappa shape index (κ1) is 24.7. The maximum Gasteiger partial charge on any atom is 0.186 e. The van der Waals surface area contributed by atoms with Gasteiger partial charge in [-0.15, -0.1) is 0 Å². The summed E-state index contributed by atoms with van der Waals surface area (Å²) in [6, 6.07) is 0. The molecule has 10 heteroatoms. The summed E-state index contributed by atoms with van der Waals surface area (Å²) in [6.45, 7) is 6.13. The molecule has 0 unspecified atom stereocenters. The minimum absolute atomic E-state index is 0.139. The van der Waals surface area contributed by atoms with Crippen LogP contribution in [-0.2, 0) is 18.9 Å². The highest BCUT2D eigenvalue weighted by atomic mass is 16.7. The molecule has 2 saturated heterocycles. The number of rotatable bonds is 6. The van der Waals surface area contributed by atoms with E-state index in [0.29, 0.717) is 24.4 Å². The van der Waals surface area contributed by atoms with Crippen LogP contribution in [0, 0.1) is 23.2 Å². The average molecular weight is 463 g/mol. The lowest BCUT2D eigenvalue weighted by Gasteiger charge is -2.43. The molecule has 4 rings (SSSR count). The molecule has 2 aliphatic heterocycles. The van der Waals surface area contributed by atoms with Gasteiger partial charge in [-0.25, -0.2) is 0 Å². The molecule has 2 heterocycles. The minimum atomic E-state index is -1.50. The van der Waals surface area contributed by atoms with Crippen LogP contribution in [0.25, 0.3) is 0 Å². The molecular weight excluding hydrogens is 424 g/mol. The van der Waals surface area contributed by atoms with Gasteiger partial charge in [-0.2, -0.15) is 0 Å². The molecular formula is C22H38O10. The summed E-state index contributed by atoms with van der Waals surface area (Å²) >= 11 is 0. The predicted molar refractivity (Wildman–Crippen MR) is 109 cm³/mol. The molecule has 0 radical (unpaired) electrons. The summed E-state index contributed by atoms with van der Waals surface area (Å²) in [5.74, 6) is 1.58. The van der Waals surface area contributed by atoms with Gasteiger partial charge in [0.1, 0.15) is 42.7 Å². The van der Waals surface area contributed by atoms with E-state index in [1.165, 1.54) is 26.2 Å². The number of hydrogen-bond donors (Lipinski definition) is 6. The Bertz CT molecular complexity index is 646. The zero-order valence-electron chi connectivity index (χ0n) is 18.9. The highest BCUT2D eigenvalue weighted by Crippen LogP contribution is 2.59. The Morgan fingerprint density at radius 3 is 1.97 bits per heavy atom. The van der Waals surface area contributed by atoms with Gasteiger partial charge >= 0.3 is 0 Å². The lowest BCUT2D eigenvalue weighted by molar-refractivity contribution is -0.330. The van der Waals surface area contributed by atoms with E-state index in [1.54, 1.807) is 0 Å². The molecule has 4 fully saturated rings. The van der Waals surface area contributed by atoms with Crippen molar-refractivity contribution >= 4 is 0 Å². The lowest BCUT2D eigenvalue weighted by Crippen LogP contribution is -2.61. The first-order valence-corrected chi connectivity index (χ1v) is 11.6. The van der Waals surface area contributed by atoms with Crippen LogP contribution in [-0.4, -0.2) is 105 Å². The van der Waals surface area contributed by atoms with Crippen molar-refractivity contribution in [2.45, 2.75) is 101 Å². The van der Waals surface area contributed by atoms with Crippen LogP contribution in [0.2, 0.25) is 0 Å². The van der Waals surface area contributed by atoms with Crippen molar-refractivity contribution < 1.29 is 49.6 Å². The molecule has 2 saturated carbocycles. The smallest absolute Gasteiger partial charge is 0.186 e. The molecule has 13 atom stereocenters. The van der Waals surface area contributed by atoms with Gasteiger partial charge in [0.15, 0.2) is 12.6 Å². The Kier molecular flexibility index (Phi) is 7.21. The summed E-state index contributed by atoms with van der Waals surface area (Å²) in [4.78, 5) is 0. The molecule has 4 aliphatic rings. The fraction of sp³-hybridized carbons (Fsp3) is 1.00. The largest absolute Gasteiger partial charge is 0.388 e. The quantitative estimate of drug-likeness (QED) is 0.281. The van der Waals surface area contributed by atoms with E-state index in [-0.39, 0.29) is 12.0 Å². The standard InChI is InChI=1S/C22H38O10/c1-9-14(23)16(25)18(27)20(31-9)30-8-13-15(24)17(26)19(28)21(32-13)29-7-12-10-4-5-11(6-10)22(12,2)3/h9-21,23-28H,4-8H2,1-3H3/t9-,10-,11+,12-,13+,14-,15+,16+,17-,18+,19+,20+,21+/m0/s1. The number of aliphatic hydroxyl groups is 6. The van der Waals surface area contributed by atoms with Crippen molar-refractivity contribution in [3.63, 3.8) is 0 Å². The number of fused-ring (bicyclic) bond motifs is 2. The van der Waals surface area contributed by atoms with Gasteiger partial charge in [0, 0.05) is 0 Å². The Balaban J connectivity index is 1.34. The molecule has 186 valence electrons. The van der Waals surface area contributed by atoms with Crippen LogP contribution in [0.4, 0.5) is 0 Å². The Morgan fingerprint density at radius 1 is 0.750 bits per heavy atom. The fourth-order valence-corrected chi connectivity index (χ4v) is 6.05. The first-order chi connectivity index (χ1) is 15.0. The van der Waals surface area contributed by atoms with E-state index in [2.05, 4.69) is 13.8 Å². The van der Waals surface area contributed by atoms with E-state index < -0.39 is 61.4 Å². The summed E-state index contributed by atoms with van der Waals surface area (Å²) < 4.78 is 22.5. The van der Waals surface area contributed by atoms with E-state index in [4.69, 9.17) is 18.9 Å². The molecule has 0 aromatic rings.